The van der Waals surface area contributed by atoms with Gasteiger partial charge in [-0.3, -0.25) is 4.90 Å². The van der Waals surface area contributed by atoms with Gasteiger partial charge in [-0.15, -0.1) is 0 Å². The van der Waals surface area contributed by atoms with Gasteiger partial charge in [0, 0.05) is 33.8 Å². The maximum absolute atomic E-state index is 6.73. The highest BCUT2D eigenvalue weighted by Crippen LogP contribution is 2.57. The summed E-state index contributed by atoms with van der Waals surface area (Å²) in [6.07, 6.45) is 0. The molecule has 8 aromatic rings. The summed E-state index contributed by atoms with van der Waals surface area (Å²) >= 11 is 0. The lowest BCUT2D eigenvalue weighted by Gasteiger charge is -2.37. The molecule has 0 bridgehead atoms. The van der Waals surface area contributed by atoms with Gasteiger partial charge in [-0.25, -0.2) is 4.98 Å². The third kappa shape index (κ3) is 4.38. The van der Waals surface area contributed by atoms with Crippen LogP contribution in [0.25, 0.3) is 44.7 Å². The van der Waals surface area contributed by atoms with E-state index >= 15 is 0 Å². The van der Waals surface area contributed by atoms with Crippen molar-refractivity contribution in [1.29, 1.82) is 0 Å². The first-order chi connectivity index (χ1) is 24.3. The van der Waals surface area contributed by atoms with E-state index in [0.29, 0.717) is 23.3 Å². The van der Waals surface area contributed by atoms with Crippen molar-refractivity contribution >= 4 is 45.2 Å². The van der Waals surface area contributed by atoms with Crippen LogP contribution in [-0.4, -0.2) is 15.0 Å². The Morgan fingerprint density at radius 3 is 1.73 bits per heavy atom. The molecule has 1 aromatic heterocycles. The topological polar surface area (TPSA) is 54.4 Å². The average Bonchev–Trinajstić information content (AvgIpc) is 3.17. The van der Waals surface area contributed by atoms with E-state index in [2.05, 4.69) is 94.7 Å². The highest BCUT2D eigenvalue weighted by molar-refractivity contribution is 6.14. The Kier molecular flexibility index (Phi) is 6.08. The predicted octanol–water partition coefficient (Wildman–Crippen LogP) is 11.4. The summed E-state index contributed by atoms with van der Waals surface area (Å²) in [6.45, 7) is 0. The third-order valence-electron chi connectivity index (χ3n) is 9.20. The number of benzene rings is 7. The molecule has 0 amide bonds. The van der Waals surface area contributed by atoms with E-state index in [1.165, 1.54) is 16.3 Å². The zero-order chi connectivity index (χ0) is 32.3. The summed E-state index contributed by atoms with van der Waals surface area (Å²) in [5.41, 5.74) is 9.06. The molecular weight excluding hydrogens is 603 g/mol. The highest BCUT2D eigenvalue weighted by Gasteiger charge is 2.34. The quantitative estimate of drug-likeness (QED) is 0.193. The van der Waals surface area contributed by atoms with Gasteiger partial charge in [-0.2, -0.15) is 9.97 Å². The number of fused-ring (bicyclic) bond motifs is 4. The zero-order valence-electron chi connectivity index (χ0n) is 26.2. The summed E-state index contributed by atoms with van der Waals surface area (Å²) < 4.78 is 6.73. The predicted molar refractivity (Wildman–Crippen MR) is 197 cm³/mol. The van der Waals surface area contributed by atoms with Gasteiger partial charge in [0.05, 0.1) is 22.7 Å². The standard InChI is InChI=1S/C43H27N5O/c1-4-14-29(15-5-1)41-44-42(30-16-6-2-7-17-30)46-43(45-41)48-34-23-10-11-25-38(34)49-39-27-36-33(26-37(39)48)32-22-12-18-28-19-13-24-35(40(28)32)47(36)31-20-8-3-9-21-31/h1-27H. The first-order valence-electron chi connectivity index (χ1n) is 16.3. The number of anilines is 6. The van der Waals surface area contributed by atoms with Gasteiger partial charge in [-0.05, 0) is 47.3 Å². The smallest absolute Gasteiger partial charge is 0.239 e. The van der Waals surface area contributed by atoms with Gasteiger partial charge >= 0.3 is 0 Å². The fourth-order valence-electron chi connectivity index (χ4n) is 7.02. The van der Waals surface area contributed by atoms with Crippen LogP contribution in [0.5, 0.6) is 11.5 Å². The molecule has 49 heavy (non-hydrogen) atoms. The van der Waals surface area contributed by atoms with E-state index in [-0.39, 0.29) is 0 Å². The van der Waals surface area contributed by atoms with Gasteiger partial charge in [-0.1, -0.05) is 121 Å². The molecule has 0 atom stereocenters. The van der Waals surface area contributed by atoms with Crippen LogP contribution >= 0.6 is 0 Å². The summed E-state index contributed by atoms with van der Waals surface area (Å²) in [6, 6.07) is 56.1. The average molecular weight is 630 g/mol. The molecule has 6 nitrogen and oxygen atoms in total. The molecule has 0 spiro atoms. The second-order valence-corrected chi connectivity index (χ2v) is 12.1. The number of ether oxygens (including phenoxy) is 1. The van der Waals surface area contributed by atoms with E-state index in [1.54, 1.807) is 0 Å². The van der Waals surface area contributed by atoms with Gasteiger partial charge in [0.25, 0.3) is 0 Å². The molecular formula is C43H27N5O. The van der Waals surface area contributed by atoms with E-state index in [9.17, 15) is 0 Å². The molecule has 230 valence electrons. The molecule has 0 radical (unpaired) electrons. The highest BCUT2D eigenvalue weighted by atomic mass is 16.5. The first-order valence-corrected chi connectivity index (χ1v) is 16.3. The van der Waals surface area contributed by atoms with E-state index < -0.39 is 0 Å². The summed E-state index contributed by atoms with van der Waals surface area (Å²) in [5.74, 6) is 3.15. The van der Waals surface area contributed by atoms with Gasteiger partial charge in [0.15, 0.2) is 23.1 Å². The van der Waals surface area contributed by atoms with Crippen molar-refractivity contribution in [3.8, 4) is 45.4 Å². The van der Waals surface area contributed by atoms with Crippen molar-refractivity contribution in [3.63, 3.8) is 0 Å². The number of aromatic nitrogens is 3. The number of rotatable bonds is 4. The largest absolute Gasteiger partial charge is 0.453 e. The molecule has 0 saturated carbocycles. The molecule has 0 unspecified atom stereocenters. The number of hydrogen-bond donors (Lipinski definition) is 0. The van der Waals surface area contributed by atoms with Crippen molar-refractivity contribution in [2.45, 2.75) is 0 Å². The van der Waals surface area contributed by atoms with Crippen LogP contribution in [0.4, 0.5) is 34.4 Å². The fourth-order valence-corrected chi connectivity index (χ4v) is 7.02. The molecule has 3 heterocycles. The second-order valence-electron chi connectivity index (χ2n) is 12.1. The first kappa shape index (κ1) is 27.3. The van der Waals surface area contributed by atoms with Crippen molar-refractivity contribution in [2.24, 2.45) is 0 Å². The molecule has 0 saturated heterocycles. The van der Waals surface area contributed by atoms with Crippen molar-refractivity contribution in [2.75, 3.05) is 9.80 Å². The Balaban J connectivity index is 1.25. The minimum atomic E-state index is 0.513. The van der Waals surface area contributed by atoms with E-state index in [0.717, 1.165) is 50.9 Å². The Morgan fingerprint density at radius 2 is 1.02 bits per heavy atom. The minimum absolute atomic E-state index is 0.513. The SMILES string of the molecule is c1ccc(-c2nc(-c3ccccc3)nc(N3c4ccccc4Oc4cc5c(cc43)-c3cccc4cccc(c34)N5c3ccccc3)n2)cc1. The lowest BCUT2D eigenvalue weighted by molar-refractivity contribution is 0.476. The normalized spacial score (nSPS) is 12.6. The fraction of sp³-hybridized carbons (Fsp3) is 0. The number of hydrogen-bond acceptors (Lipinski definition) is 6. The third-order valence-corrected chi connectivity index (χ3v) is 9.20. The van der Waals surface area contributed by atoms with Crippen LogP contribution < -0.4 is 14.5 Å². The van der Waals surface area contributed by atoms with Crippen molar-refractivity contribution < 1.29 is 4.74 Å². The second kappa shape index (κ2) is 10.9. The summed E-state index contributed by atoms with van der Waals surface area (Å²) in [4.78, 5) is 19.7. The molecule has 2 aliphatic heterocycles. The van der Waals surface area contributed by atoms with Crippen LogP contribution in [0.1, 0.15) is 0 Å². The minimum Gasteiger partial charge on any atom is -0.453 e. The zero-order valence-corrected chi connectivity index (χ0v) is 26.2. The molecule has 10 rings (SSSR count). The van der Waals surface area contributed by atoms with Crippen LogP contribution in [-0.2, 0) is 0 Å². The molecule has 0 fully saturated rings. The maximum atomic E-state index is 6.73. The van der Waals surface area contributed by atoms with Crippen LogP contribution in [0.15, 0.2) is 164 Å². The number of para-hydroxylation sites is 3. The van der Waals surface area contributed by atoms with E-state index in [1.807, 2.05) is 78.9 Å². The summed E-state index contributed by atoms with van der Waals surface area (Å²) in [7, 11) is 0. The summed E-state index contributed by atoms with van der Waals surface area (Å²) in [5, 5.41) is 2.40. The van der Waals surface area contributed by atoms with Crippen LogP contribution in [0.3, 0.4) is 0 Å². The lowest BCUT2D eigenvalue weighted by atomic mass is 9.90. The van der Waals surface area contributed by atoms with Gasteiger partial charge in [0.1, 0.15) is 0 Å². The molecule has 0 N–H and O–H groups in total. The maximum Gasteiger partial charge on any atom is 0.239 e. The van der Waals surface area contributed by atoms with Gasteiger partial charge in [0.2, 0.25) is 5.95 Å². The monoisotopic (exact) mass is 629 g/mol. The van der Waals surface area contributed by atoms with Gasteiger partial charge < -0.3 is 9.64 Å². The van der Waals surface area contributed by atoms with Crippen LogP contribution in [0.2, 0.25) is 0 Å². The molecule has 7 aromatic carbocycles. The molecule has 0 aliphatic carbocycles. The number of nitrogens with zero attached hydrogens (tertiary/aromatic N) is 5. The van der Waals surface area contributed by atoms with Crippen molar-refractivity contribution in [3.05, 3.63) is 164 Å². The van der Waals surface area contributed by atoms with E-state index in [4.69, 9.17) is 19.7 Å². The molecule has 6 heteroatoms. The Hall–Kier alpha value is -6.79. The Labute approximate surface area is 283 Å². The van der Waals surface area contributed by atoms with Crippen molar-refractivity contribution in [1.82, 2.24) is 15.0 Å². The lowest BCUT2D eigenvalue weighted by Crippen LogP contribution is -2.21. The Bertz CT molecular complexity index is 2470. The molecule has 2 aliphatic rings. The van der Waals surface area contributed by atoms with Crippen LogP contribution in [0, 0.1) is 0 Å². The Morgan fingerprint density at radius 1 is 0.408 bits per heavy atom.